The third-order valence-electron chi connectivity index (χ3n) is 3.96. The topological polar surface area (TPSA) is 21.3 Å². The summed E-state index contributed by atoms with van der Waals surface area (Å²) in [5.41, 5.74) is 4.27. The lowest BCUT2D eigenvalue weighted by Crippen LogP contribution is -2.04. The molecule has 0 aliphatic heterocycles. The van der Waals surface area contributed by atoms with E-state index in [4.69, 9.17) is 27.9 Å². The second kappa shape index (κ2) is 8.81. The molecule has 0 spiro atoms. The van der Waals surface area contributed by atoms with Crippen LogP contribution in [-0.2, 0) is 13.2 Å². The second-order valence-corrected chi connectivity index (χ2v) is 7.77. The van der Waals surface area contributed by atoms with Crippen molar-refractivity contribution in [3.8, 4) is 5.75 Å². The molecular formula is C21H18BrCl2NO. The maximum atomic E-state index is 6.18. The van der Waals surface area contributed by atoms with Crippen molar-refractivity contribution in [2.75, 3.05) is 5.32 Å². The predicted molar refractivity (Wildman–Crippen MR) is 113 cm³/mol. The lowest BCUT2D eigenvalue weighted by atomic mass is 10.1. The summed E-state index contributed by atoms with van der Waals surface area (Å²) in [6.07, 6.45) is 0. The Labute approximate surface area is 172 Å². The highest BCUT2D eigenvalue weighted by Crippen LogP contribution is 2.27. The van der Waals surface area contributed by atoms with Crippen molar-refractivity contribution in [1.82, 2.24) is 0 Å². The van der Waals surface area contributed by atoms with E-state index in [9.17, 15) is 0 Å². The summed E-state index contributed by atoms with van der Waals surface area (Å²) in [6, 6.07) is 19.5. The molecule has 3 aromatic rings. The van der Waals surface area contributed by atoms with E-state index >= 15 is 0 Å². The highest BCUT2D eigenvalue weighted by Gasteiger charge is 2.07. The van der Waals surface area contributed by atoms with Crippen molar-refractivity contribution in [3.63, 3.8) is 0 Å². The Morgan fingerprint density at radius 3 is 2.54 bits per heavy atom. The molecule has 0 saturated heterocycles. The number of halogens is 3. The normalized spacial score (nSPS) is 10.6. The number of benzene rings is 3. The van der Waals surface area contributed by atoms with Crippen molar-refractivity contribution >= 4 is 44.8 Å². The highest BCUT2D eigenvalue weighted by molar-refractivity contribution is 9.10. The molecule has 0 bridgehead atoms. The first-order valence-electron chi connectivity index (χ1n) is 8.17. The summed E-state index contributed by atoms with van der Waals surface area (Å²) >= 11 is 15.7. The molecule has 5 heteroatoms. The Balaban J connectivity index is 1.73. The van der Waals surface area contributed by atoms with E-state index in [-0.39, 0.29) is 0 Å². The monoisotopic (exact) mass is 449 g/mol. The first-order valence-corrected chi connectivity index (χ1v) is 9.72. The zero-order valence-electron chi connectivity index (χ0n) is 14.2. The molecule has 3 rings (SSSR count). The van der Waals surface area contributed by atoms with Crippen LogP contribution in [0, 0.1) is 6.92 Å². The van der Waals surface area contributed by atoms with Gasteiger partial charge in [-0.15, -0.1) is 0 Å². The Kier molecular flexibility index (Phi) is 6.47. The van der Waals surface area contributed by atoms with E-state index in [1.54, 1.807) is 0 Å². The summed E-state index contributed by atoms with van der Waals surface area (Å²) < 4.78 is 7.07. The fraction of sp³-hybridized carbons (Fsp3) is 0.143. The summed E-state index contributed by atoms with van der Waals surface area (Å²) in [5, 5.41) is 4.84. The third kappa shape index (κ3) is 5.16. The minimum absolute atomic E-state index is 0.451. The smallest absolute Gasteiger partial charge is 0.124 e. The molecule has 1 N–H and O–H groups in total. The van der Waals surface area contributed by atoms with Gasteiger partial charge in [-0.1, -0.05) is 51.3 Å². The number of anilines is 1. The molecular weight excluding hydrogens is 433 g/mol. The van der Waals surface area contributed by atoms with Gasteiger partial charge in [-0.25, -0.2) is 0 Å². The van der Waals surface area contributed by atoms with Gasteiger partial charge in [0.15, 0.2) is 0 Å². The zero-order chi connectivity index (χ0) is 18.5. The molecule has 0 radical (unpaired) electrons. The maximum Gasteiger partial charge on any atom is 0.124 e. The standard InChI is InChI=1S/C21H18BrCl2NO/c1-14-9-17(22)5-7-20(14)25-12-16-11-19(24)6-8-21(16)26-13-15-3-2-4-18(23)10-15/h2-11,25H,12-13H2,1H3. The van der Waals surface area contributed by atoms with Gasteiger partial charge in [-0.2, -0.15) is 0 Å². The van der Waals surface area contributed by atoms with Crippen LogP contribution in [0.3, 0.4) is 0 Å². The van der Waals surface area contributed by atoms with Crippen molar-refractivity contribution in [2.24, 2.45) is 0 Å². The summed E-state index contributed by atoms with van der Waals surface area (Å²) in [6.45, 7) is 3.14. The van der Waals surface area contributed by atoms with Crippen LogP contribution < -0.4 is 10.1 Å². The lowest BCUT2D eigenvalue weighted by molar-refractivity contribution is 0.303. The first-order chi connectivity index (χ1) is 12.5. The van der Waals surface area contributed by atoms with Crippen LogP contribution in [0.25, 0.3) is 0 Å². The highest BCUT2D eigenvalue weighted by atomic mass is 79.9. The third-order valence-corrected chi connectivity index (χ3v) is 4.93. The van der Waals surface area contributed by atoms with Crippen molar-refractivity contribution < 1.29 is 4.74 Å². The zero-order valence-corrected chi connectivity index (χ0v) is 17.3. The molecule has 134 valence electrons. The van der Waals surface area contributed by atoms with E-state index in [2.05, 4.69) is 40.3 Å². The number of aryl methyl sites for hydroxylation is 1. The van der Waals surface area contributed by atoms with E-state index in [1.807, 2.05) is 48.5 Å². The minimum atomic E-state index is 0.451. The molecule has 0 unspecified atom stereocenters. The van der Waals surface area contributed by atoms with Gasteiger partial charge in [0, 0.05) is 32.3 Å². The Morgan fingerprint density at radius 1 is 0.962 bits per heavy atom. The number of rotatable bonds is 6. The Bertz CT molecular complexity index is 914. The average Bonchev–Trinajstić information content (AvgIpc) is 2.60. The fourth-order valence-electron chi connectivity index (χ4n) is 2.63. The molecule has 3 aromatic carbocycles. The number of ether oxygens (including phenoxy) is 1. The van der Waals surface area contributed by atoms with Crippen LogP contribution in [0.15, 0.2) is 65.1 Å². The van der Waals surface area contributed by atoms with Crippen LogP contribution in [0.4, 0.5) is 5.69 Å². The van der Waals surface area contributed by atoms with Gasteiger partial charge in [0.1, 0.15) is 12.4 Å². The van der Waals surface area contributed by atoms with Gasteiger partial charge in [0.05, 0.1) is 0 Å². The van der Waals surface area contributed by atoms with Crippen LogP contribution in [-0.4, -0.2) is 0 Å². The summed E-state index contributed by atoms with van der Waals surface area (Å²) in [7, 11) is 0. The molecule has 0 saturated carbocycles. The Hall–Kier alpha value is -1.68. The Morgan fingerprint density at radius 2 is 1.77 bits per heavy atom. The summed E-state index contributed by atoms with van der Waals surface area (Å²) in [4.78, 5) is 0. The second-order valence-electron chi connectivity index (χ2n) is 5.98. The predicted octanol–water partition coefficient (Wildman–Crippen LogP) is 7.26. The maximum absolute atomic E-state index is 6.18. The minimum Gasteiger partial charge on any atom is -0.489 e. The molecule has 0 aliphatic carbocycles. The number of nitrogens with one attached hydrogen (secondary N) is 1. The van der Waals surface area contributed by atoms with Crippen molar-refractivity contribution in [3.05, 3.63) is 91.9 Å². The molecule has 0 atom stereocenters. The molecule has 0 aromatic heterocycles. The van der Waals surface area contributed by atoms with Crippen LogP contribution >= 0.6 is 39.1 Å². The lowest BCUT2D eigenvalue weighted by Gasteiger charge is -2.15. The molecule has 0 fully saturated rings. The largest absolute Gasteiger partial charge is 0.489 e. The van der Waals surface area contributed by atoms with E-state index < -0.39 is 0 Å². The van der Waals surface area contributed by atoms with Gasteiger partial charge >= 0.3 is 0 Å². The average molecular weight is 451 g/mol. The van der Waals surface area contributed by atoms with Crippen LogP contribution in [0.1, 0.15) is 16.7 Å². The van der Waals surface area contributed by atoms with E-state index in [0.29, 0.717) is 23.2 Å². The molecule has 2 nitrogen and oxygen atoms in total. The van der Waals surface area contributed by atoms with Crippen LogP contribution in [0.2, 0.25) is 10.0 Å². The quantitative estimate of drug-likeness (QED) is 0.426. The van der Waals surface area contributed by atoms with E-state index in [0.717, 1.165) is 27.0 Å². The molecule has 0 amide bonds. The molecule has 0 aliphatic rings. The van der Waals surface area contributed by atoms with Gasteiger partial charge < -0.3 is 10.1 Å². The first kappa shape index (κ1) is 19.1. The van der Waals surface area contributed by atoms with Gasteiger partial charge in [0.2, 0.25) is 0 Å². The van der Waals surface area contributed by atoms with E-state index in [1.165, 1.54) is 5.56 Å². The molecule has 26 heavy (non-hydrogen) atoms. The number of hydrogen-bond donors (Lipinski definition) is 1. The molecule has 0 heterocycles. The fourth-order valence-corrected chi connectivity index (χ4v) is 3.51. The SMILES string of the molecule is Cc1cc(Br)ccc1NCc1cc(Cl)ccc1OCc1cccc(Cl)c1. The number of hydrogen-bond acceptors (Lipinski definition) is 2. The summed E-state index contributed by atoms with van der Waals surface area (Å²) in [5.74, 6) is 0.802. The van der Waals surface area contributed by atoms with Crippen LogP contribution in [0.5, 0.6) is 5.75 Å². The van der Waals surface area contributed by atoms with Gasteiger partial charge in [0.25, 0.3) is 0 Å². The van der Waals surface area contributed by atoms with Crippen molar-refractivity contribution in [1.29, 1.82) is 0 Å². The van der Waals surface area contributed by atoms with Gasteiger partial charge in [-0.05, 0) is 66.6 Å². The van der Waals surface area contributed by atoms with Crippen molar-refractivity contribution in [2.45, 2.75) is 20.1 Å². The van der Waals surface area contributed by atoms with Gasteiger partial charge in [-0.3, -0.25) is 0 Å².